The van der Waals surface area contributed by atoms with Crippen LogP contribution in [0.1, 0.15) is 39.0 Å². The average Bonchev–Trinajstić information content (AvgIpc) is 2.04. The van der Waals surface area contributed by atoms with Crippen LogP contribution in [0.4, 0.5) is 0 Å². The minimum atomic E-state index is 0.186. The van der Waals surface area contributed by atoms with Gasteiger partial charge >= 0.3 is 0 Å². The number of aldehydes is 2. The van der Waals surface area contributed by atoms with Gasteiger partial charge < -0.3 is 9.59 Å². The zero-order chi connectivity index (χ0) is 8.53. The van der Waals surface area contributed by atoms with Gasteiger partial charge in [0.15, 0.2) is 0 Å². The molecule has 0 bridgehead atoms. The highest BCUT2D eigenvalue weighted by molar-refractivity contribution is 5.52. The highest BCUT2D eigenvalue weighted by Crippen LogP contribution is 2.07. The van der Waals surface area contributed by atoms with Crippen molar-refractivity contribution in [2.24, 2.45) is 5.92 Å². The molecule has 0 N–H and O–H groups in total. The Morgan fingerprint density at radius 1 is 1.18 bits per heavy atom. The van der Waals surface area contributed by atoms with E-state index in [1.165, 1.54) is 0 Å². The predicted octanol–water partition coefficient (Wildman–Crippen LogP) is 1.97. The van der Waals surface area contributed by atoms with E-state index in [1.807, 2.05) is 6.92 Å². The second-order valence-corrected chi connectivity index (χ2v) is 2.92. The Labute approximate surface area is 68.0 Å². The third-order valence-corrected chi connectivity index (χ3v) is 1.71. The molecule has 0 radical (unpaired) electrons. The summed E-state index contributed by atoms with van der Waals surface area (Å²) in [5, 5.41) is 0. The third kappa shape index (κ3) is 7.23. The standard InChI is InChI=1S/C9H16O2/c1-9(8-11)6-4-2-3-5-7-10/h7-9H,2-6H2,1H3. The molecule has 64 valence electrons. The van der Waals surface area contributed by atoms with Crippen molar-refractivity contribution in [3.8, 4) is 0 Å². The van der Waals surface area contributed by atoms with Crippen molar-refractivity contribution in [1.82, 2.24) is 0 Å². The van der Waals surface area contributed by atoms with Crippen molar-refractivity contribution >= 4 is 12.6 Å². The first-order valence-corrected chi connectivity index (χ1v) is 4.20. The highest BCUT2D eigenvalue weighted by Gasteiger charge is 1.97. The van der Waals surface area contributed by atoms with Crippen LogP contribution in [-0.4, -0.2) is 12.6 Å². The van der Waals surface area contributed by atoms with Gasteiger partial charge in [-0.1, -0.05) is 19.8 Å². The van der Waals surface area contributed by atoms with Crippen molar-refractivity contribution in [2.45, 2.75) is 39.0 Å². The van der Waals surface area contributed by atoms with Crippen molar-refractivity contribution < 1.29 is 9.59 Å². The summed E-state index contributed by atoms with van der Waals surface area (Å²) in [6.45, 7) is 1.92. The molecular weight excluding hydrogens is 140 g/mol. The normalized spacial score (nSPS) is 12.5. The van der Waals surface area contributed by atoms with Crippen LogP contribution in [0.3, 0.4) is 0 Å². The summed E-state index contributed by atoms with van der Waals surface area (Å²) in [5.74, 6) is 0.186. The lowest BCUT2D eigenvalue weighted by Gasteiger charge is -2.00. The maximum absolute atomic E-state index is 10.2. The zero-order valence-electron chi connectivity index (χ0n) is 7.08. The fourth-order valence-corrected chi connectivity index (χ4v) is 0.939. The van der Waals surface area contributed by atoms with E-state index in [1.54, 1.807) is 0 Å². The van der Waals surface area contributed by atoms with E-state index >= 15 is 0 Å². The minimum absolute atomic E-state index is 0.186. The summed E-state index contributed by atoms with van der Waals surface area (Å²) < 4.78 is 0. The maximum Gasteiger partial charge on any atom is 0.122 e. The van der Waals surface area contributed by atoms with Crippen LogP contribution in [0.5, 0.6) is 0 Å². The molecule has 0 spiro atoms. The van der Waals surface area contributed by atoms with Gasteiger partial charge in [0, 0.05) is 12.3 Å². The highest BCUT2D eigenvalue weighted by atomic mass is 16.1. The zero-order valence-corrected chi connectivity index (χ0v) is 7.08. The van der Waals surface area contributed by atoms with Crippen LogP contribution < -0.4 is 0 Å². The van der Waals surface area contributed by atoms with E-state index in [-0.39, 0.29) is 5.92 Å². The van der Waals surface area contributed by atoms with Gasteiger partial charge in [-0.2, -0.15) is 0 Å². The van der Waals surface area contributed by atoms with Crippen LogP contribution in [0.15, 0.2) is 0 Å². The van der Waals surface area contributed by atoms with Crippen LogP contribution in [0.2, 0.25) is 0 Å². The molecule has 0 fully saturated rings. The molecule has 0 aliphatic heterocycles. The third-order valence-electron chi connectivity index (χ3n) is 1.71. The molecule has 0 rings (SSSR count). The molecule has 0 aliphatic carbocycles. The summed E-state index contributed by atoms with van der Waals surface area (Å²) >= 11 is 0. The predicted molar refractivity (Wildman–Crippen MR) is 44.4 cm³/mol. The molecule has 0 saturated heterocycles. The number of hydrogen-bond donors (Lipinski definition) is 0. The van der Waals surface area contributed by atoms with Gasteiger partial charge in [-0.3, -0.25) is 0 Å². The van der Waals surface area contributed by atoms with E-state index in [0.717, 1.165) is 38.3 Å². The van der Waals surface area contributed by atoms with Crippen molar-refractivity contribution in [2.75, 3.05) is 0 Å². The van der Waals surface area contributed by atoms with Gasteiger partial charge in [-0.25, -0.2) is 0 Å². The van der Waals surface area contributed by atoms with Gasteiger partial charge in [-0.05, 0) is 12.8 Å². The Morgan fingerprint density at radius 3 is 2.45 bits per heavy atom. The topological polar surface area (TPSA) is 34.1 Å². The summed E-state index contributed by atoms with van der Waals surface area (Å²) in [6, 6.07) is 0. The molecule has 2 nitrogen and oxygen atoms in total. The van der Waals surface area contributed by atoms with Gasteiger partial charge in [0.1, 0.15) is 12.6 Å². The second kappa shape index (κ2) is 7.45. The van der Waals surface area contributed by atoms with Crippen LogP contribution in [0.25, 0.3) is 0 Å². The molecule has 0 aliphatic rings. The van der Waals surface area contributed by atoms with Gasteiger partial charge in [0.2, 0.25) is 0 Å². The van der Waals surface area contributed by atoms with E-state index in [4.69, 9.17) is 0 Å². The lowest BCUT2D eigenvalue weighted by molar-refractivity contribution is -0.111. The average molecular weight is 156 g/mol. The fraction of sp³-hybridized carbons (Fsp3) is 0.778. The number of carbonyl (C=O) groups excluding carboxylic acids is 2. The smallest absolute Gasteiger partial charge is 0.122 e. The second-order valence-electron chi connectivity index (χ2n) is 2.92. The summed E-state index contributed by atoms with van der Waals surface area (Å²) in [4.78, 5) is 20.1. The van der Waals surface area contributed by atoms with E-state index in [2.05, 4.69) is 0 Å². The Balaban J connectivity index is 3.01. The lowest BCUT2D eigenvalue weighted by atomic mass is 10.0. The molecule has 0 aromatic rings. The first-order chi connectivity index (χ1) is 5.31. The van der Waals surface area contributed by atoms with E-state index in [0.29, 0.717) is 6.42 Å². The molecule has 1 atom stereocenters. The van der Waals surface area contributed by atoms with Crippen molar-refractivity contribution in [3.05, 3.63) is 0 Å². The van der Waals surface area contributed by atoms with Gasteiger partial charge in [-0.15, -0.1) is 0 Å². The Bertz CT molecular complexity index is 110. The SMILES string of the molecule is CC(C=O)CCCCCC=O. The summed E-state index contributed by atoms with van der Waals surface area (Å²) in [5.41, 5.74) is 0. The van der Waals surface area contributed by atoms with E-state index < -0.39 is 0 Å². The molecule has 0 aromatic heterocycles. The number of hydrogen-bond acceptors (Lipinski definition) is 2. The first-order valence-electron chi connectivity index (χ1n) is 4.20. The number of unbranched alkanes of at least 4 members (excludes halogenated alkanes) is 3. The van der Waals surface area contributed by atoms with Crippen LogP contribution in [0, 0.1) is 5.92 Å². The first kappa shape index (κ1) is 10.3. The van der Waals surface area contributed by atoms with Crippen LogP contribution >= 0.6 is 0 Å². The molecule has 0 aromatic carbocycles. The molecule has 1 unspecified atom stereocenters. The Kier molecular flexibility index (Phi) is 7.00. The summed E-state index contributed by atoms with van der Waals surface area (Å²) in [6.07, 6.45) is 6.65. The molecular formula is C9H16O2. The quantitative estimate of drug-likeness (QED) is 0.417. The van der Waals surface area contributed by atoms with E-state index in [9.17, 15) is 9.59 Å². The Morgan fingerprint density at radius 2 is 1.91 bits per heavy atom. The molecule has 11 heavy (non-hydrogen) atoms. The number of rotatable bonds is 7. The minimum Gasteiger partial charge on any atom is -0.303 e. The van der Waals surface area contributed by atoms with Gasteiger partial charge in [0.25, 0.3) is 0 Å². The maximum atomic E-state index is 10.2. The van der Waals surface area contributed by atoms with Crippen molar-refractivity contribution in [1.29, 1.82) is 0 Å². The van der Waals surface area contributed by atoms with Crippen LogP contribution in [-0.2, 0) is 9.59 Å². The molecule has 0 heterocycles. The Hall–Kier alpha value is -0.660. The largest absolute Gasteiger partial charge is 0.303 e. The monoisotopic (exact) mass is 156 g/mol. The fourth-order valence-electron chi connectivity index (χ4n) is 0.939. The summed E-state index contributed by atoms with van der Waals surface area (Å²) in [7, 11) is 0. The lowest BCUT2D eigenvalue weighted by Crippen LogP contribution is -1.94. The van der Waals surface area contributed by atoms with Gasteiger partial charge in [0.05, 0.1) is 0 Å². The van der Waals surface area contributed by atoms with Crippen molar-refractivity contribution in [3.63, 3.8) is 0 Å². The molecule has 2 heteroatoms. The molecule has 0 saturated carbocycles. The number of carbonyl (C=O) groups is 2. The molecule has 0 amide bonds.